The normalized spacial score (nSPS) is 11.1. The predicted octanol–water partition coefficient (Wildman–Crippen LogP) is 1.82. The Morgan fingerprint density at radius 1 is 1.41 bits per heavy atom. The van der Waals surface area contributed by atoms with Crippen molar-refractivity contribution in [3.63, 3.8) is 0 Å². The quantitative estimate of drug-likeness (QED) is 0.767. The van der Waals surface area contributed by atoms with Crippen LogP contribution in [0.25, 0.3) is 0 Å². The molecule has 0 spiro atoms. The van der Waals surface area contributed by atoms with E-state index < -0.39 is 24.1 Å². The Morgan fingerprint density at radius 3 is 2.53 bits per heavy atom. The molecule has 0 radical (unpaired) electrons. The number of alkyl halides is 3. The second kappa shape index (κ2) is 5.03. The number of esters is 1. The molecule has 0 amide bonds. The molecule has 94 valence electrons. The Balaban J connectivity index is 3.16. The summed E-state index contributed by atoms with van der Waals surface area (Å²) in [5, 5.41) is 0. The first-order chi connectivity index (χ1) is 7.88. The number of aromatic nitrogens is 1. The van der Waals surface area contributed by atoms with E-state index in [0.717, 1.165) is 19.4 Å². The van der Waals surface area contributed by atoms with Crippen LogP contribution in [0.5, 0.6) is 5.75 Å². The lowest BCUT2D eigenvalue weighted by Crippen LogP contribution is -2.15. The molecule has 17 heavy (non-hydrogen) atoms. The van der Waals surface area contributed by atoms with Crippen molar-refractivity contribution < 1.29 is 27.4 Å². The Kier molecular flexibility index (Phi) is 3.93. The van der Waals surface area contributed by atoms with Crippen LogP contribution in [0.1, 0.15) is 11.3 Å². The summed E-state index contributed by atoms with van der Waals surface area (Å²) < 4.78 is 47.0. The molecule has 7 heteroatoms. The average Bonchev–Trinajstić information content (AvgIpc) is 2.28. The summed E-state index contributed by atoms with van der Waals surface area (Å²) >= 11 is 0. The van der Waals surface area contributed by atoms with E-state index in [4.69, 9.17) is 0 Å². The molecule has 0 atom stereocenters. The highest BCUT2D eigenvalue weighted by atomic mass is 19.4. The molecule has 1 rings (SSSR count). The van der Waals surface area contributed by atoms with E-state index >= 15 is 0 Å². The first-order valence-electron chi connectivity index (χ1n) is 4.55. The second-order valence-electron chi connectivity index (χ2n) is 3.12. The van der Waals surface area contributed by atoms with E-state index in [0.29, 0.717) is 0 Å². The summed E-state index contributed by atoms with van der Waals surface area (Å²) in [6.07, 6.45) is -4.01. The van der Waals surface area contributed by atoms with E-state index in [-0.39, 0.29) is 11.4 Å². The van der Waals surface area contributed by atoms with Crippen LogP contribution in [-0.4, -0.2) is 25.2 Å². The summed E-state index contributed by atoms with van der Waals surface area (Å²) in [7, 11) is 2.33. The van der Waals surface area contributed by atoms with E-state index in [1.165, 1.54) is 7.11 Å². The van der Waals surface area contributed by atoms with Gasteiger partial charge in [0.2, 0.25) is 0 Å². The van der Waals surface area contributed by atoms with Gasteiger partial charge in [-0.15, -0.1) is 0 Å². The van der Waals surface area contributed by atoms with Crippen molar-refractivity contribution in [3.05, 3.63) is 23.5 Å². The zero-order valence-electron chi connectivity index (χ0n) is 9.17. The van der Waals surface area contributed by atoms with Crippen LogP contribution >= 0.6 is 0 Å². The van der Waals surface area contributed by atoms with Gasteiger partial charge < -0.3 is 9.47 Å². The van der Waals surface area contributed by atoms with Crippen molar-refractivity contribution >= 4 is 5.97 Å². The molecule has 0 aliphatic heterocycles. The Bertz CT molecular complexity index is 418. The number of nitrogens with zero attached hydrogens (tertiary/aromatic N) is 1. The third-order valence-corrected chi connectivity index (χ3v) is 2.03. The standard InChI is InChI=1S/C10H10F3NO3/c1-16-6-3-7(10(11,12)13)8(14-5-6)4-9(15)17-2/h3,5H,4H2,1-2H3. The predicted molar refractivity (Wildman–Crippen MR) is 51.5 cm³/mol. The largest absolute Gasteiger partial charge is 0.495 e. The minimum Gasteiger partial charge on any atom is -0.495 e. The smallest absolute Gasteiger partial charge is 0.418 e. The van der Waals surface area contributed by atoms with Gasteiger partial charge in [0.05, 0.1) is 38.1 Å². The van der Waals surface area contributed by atoms with Gasteiger partial charge in [0.1, 0.15) is 5.75 Å². The van der Waals surface area contributed by atoms with Gasteiger partial charge in [-0.1, -0.05) is 0 Å². The molecule has 0 aromatic carbocycles. The molecule has 0 saturated carbocycles. The molecular formula is C10H10F3NO3. The fourth-order valence-electron chi connectivity index (χ4n) is 1.18. The topological polar surface area (TPSA) is 48.4 Å². The number of hydrogen-bond donors (Lipinski definition) is 0. The third-order valence-electron chi connectivity index (χ3n) is 2.03. The monoisotopic (exact) mass is 249 g/mol. The maximum Gasteiger partial charge on any atom is 0.418 e. The number of hydrogen-bond acceptors (Lipinski definition) is 4. The molecule has 1 aromatic heterocycles. The number of rotatable bonds is 3. The van der Waals surface area contributed by atoms with Crippen molar-refractivity contribution in [2.24, 2.45) is 0 Å². The molecule has 0 N–H and O–H groups in total. The highest BCUT2D eigenvalue weighted by molar-refractivity contribution is 5.72. The molecule has 0 saturated heterocycles. The van der Waals surface area contributed by atoms with Gasteiger partial charge in [-0.25, -0.2) is 0 Å². The van der Waals surface area contributed by atoms with Crippen LogP contribution < -0.4 is 4.74 Å². The van der Waals surface area contributed by atoms with Crippen molar-refractivity contribution in [3.8, 4) is 5.75 Å². The molecule has 0 aliphatic carbocycles. The molecule has 1 heterocycles. The van der Waals surface area contributed by atoms with E-state index in [1.807, 2.05) is 0 Å². The zero-order valence-corrected chi connectivity index (χ0v) is 9.17. The van der Waals surface area contributed by atoms with Crippen molar-refractivity contribution in [1.29, 1.82) is 0 Å². The lowest BCUT2D eigenvalue weighted by Gasteiger charge is -2.12. The fraction of sp³-hybridized carbons (Fsp3) is 0.400. The maximum atomic E-state index is 12.7. The van der Waals surface area contributed by atoms with E-state index in [1.54, 1.807) is 0 Å². The van der Waals surface area contributed by atoms with Gasteiger partial charge in [0.25, 0.3) is 0 Å². The van der Waals surface area contributed by atoms with Crippen LogP contribution in [0.2, 0.25) is 0 Å². The minimum absolute atomic E-state index is 0.0223. The van der Waals surface area contributed by atoms with Crippen LogP contribution in [0.3, 0.4) is 0 Å². The molecule has 1 aromatic rings. The van der Waals surface area contributed by atoms with Crippen molar-refractivity contribution in [1.82, 2.24) is 4.98 Å². The summed E-state index contributed by atoms with van der Waals surface area (Å²) in [5.74, 6) is -0.806. The number of ether oxygens (including phenoxy) is 2. The van der Waals surface area contributed by atoms with Gasteiger partial charge in [0.15, 0.2) is 0 Å². The lowest BCUT2D eigenvalue weighted by molar-refractivity contribution is -0.141. The van der Waals surface area contributed by atoms with Gasteiger partial charge >= 0.3 is 12.1 Å². The third kappa shape index (κ3) is 3.33. The number of carbonyl (C=O) groups is 1. The summed E-state index contributed by atoms with van der Waals surface area (Å²) in [6.45, 7) is 0. The second-order valence-corrected chi connectivity index (χ2v) is 3.12. The van der Waals surface area contributed by atoms with Crippen LogP contribution in [0.15, 0.2) is 12.3 Å². The number of carbonyl (C=O) groups excluding carboxylic acids is 1. The SMILES string of the molecule is COC(=O)Cc1ncc(OC)cc1C(F)(F)F. The van der Waals surface area contributed by atoms with Crippen molar-refractivity contribution in [2.45, 2.75) is 12.6 Å². The Morgan fingerprint density at radius 2 is 2.06 bits per heavy atom. The number of pyridine rings is 1. The molecule has 0 aliphatic rings. The summed E-state index contributed by atoms with van der Waals surface area (Å²) in [5.41, 5.74) is -1.38. The van der Waals surface area contributed by atoms with Crippen LogP contribution in [-0.2, 0) is 22.1 Å². The van der Waals surface area contributed by atoms with Crippen LogP contribution in [0, 0.1) is 0 Å². The molecule has 4 nitrogen and oxygen atoms in total. The van der Waals surface area contributed by atoms with Gasteiger partial charge in [-0.3, -0.25) is 9.78 Å². The first-order valence-corrected chi connectivity index (χ1v) is 4.55. The maximum absolute atomic E-state index is 12.7. The van der Waals surface area contributed by atoms with Crippen molar-refractivity contribution in [2.75, 3.05) is 14.2 Å². The van der Waals surface area contributed by atoms with Gasteiger partial charge in [-0.2, -0.15) is 13.2 Å². The molecule has 0 fully saturated rings. The van der Waals surface area contributed by atoms with Gasteiger partial charge in [0, 0.05) is 0 Å². The first kappa shape index (κ1) is 13.3. The Labute approximate surface area is 95.4 Å². The number of halogens is 3. The number of methoxy groups -OCH3 is 2. The summed E-state index contributed by atoms with van der Waals surface area (Å²) in [4.78, 5) is 14.5. The highest BCUT2D eigenvalue weighted by Gasteiger charge is 2.35. The van der Waals surface area contributed by atoms with E-state index in [2.05, 4.69) is 14.5 Å². The molecule has 0 bridgehead atoms. The molecular weight excluding hydrogens is 239 g/mol. The minimum atomic E-state index is -4.59. The zero-order chi connectivity index (χ0) is 13.1. The summed E-state index contributed by atoms with van der Waals surface area (Å²) in [6, 6.07) is 0.797. The highest BCUT2D eigenvalue weighted by Crippen LogP contribution is 2.33. The average molecular weight is 249 g/mol. The van der Waals surface area contributed by atoms with E-state index in [9.17, 15) is 18.0 Å². The van der Waals surface area contributed by atoms with Gasteiger partial charge in [-0.05, 0) is 6.07 Å². The lowest BCUT2D eigenvalue weighted by atomic mass is 10.1. The fourth-order valence-corrected chi connectivity index (χ4v) is 1.18. The van der Waals surface area contributed by atoms with Crippen LogP contribution in [0.4, 0.5) is 13.2 Å². The molecule has 0 unspecified atom stereocenters. The Hall–Kier alpha value is -1.79.